The van der Waals surface area contributed by atoms with E-state index in [4.69, 9.17) is 4.74 Å². The van der Waals surface area contributed by atoms with Crippen molar-refractivity contribution >= 4 is 5.97 Å². The van der Waals surface area contributed by atoms with E-state index in [-0.39, 0.29) is 5.97 Å². The van der Waals surface area contributed by atoms with Crippen LogP contribution in [0.4, 0.5) is 0 Å². The fourth-order valence-corrected chi connectivity index (χ4v) is 2.79. The largest absolute Gasteiger partial charge is 0.465 e. The summed E-state index contributed by atoms with van der Waals surface area (Å²) in [6.07, 6.45) is 2.37. The van der Waals surface area contributed by atoms with Gasteiger partial charge in [-0.25, -0.2) is 4.79 Å². The number of rotatable bonds is 8. The molecule has 0 heterocycles. The summed E-state index contributed by atoms with van der Waals surface area (Å²) in [4.78, 5) is 14.0. The summed E-state index contributed by atoms with van der Waals surface area (Å²) < 4.78 is 4.75. The van der Waals surface area contributed by atoms with Crippen molar-refractivity contribution in [2.45, 2.75) is 39.8 Å². The molecule has 3 nitrogen and oxygen atoms in total. The summed E-state index contributed by atoms with van der Waals surface area (Å²) in [5.74, 6) is -0.288. The third kappa shape index (κ3) is 5.50. The van der Waals surface area contributed by atoms with E-state index < -0.39 is 0 Å². The van der Waals surface area contributed by atoms with Crippen LogP contribution >= 0.6 is 0 Å². The Balaban J connectivity index is 2.06. The van der Waals surface area contributed by atoms with Crippen LogP contribution in [-0.2, 0) is 17.8 Å². The second kappa shape index (κ2) is 9.24. The molecular formula is C21H27NO2. The van der Waals surface area contributed by atoms with Gasteiger partial charge in [-0.3, -0.25) is 4.90 Å². The Bertz CT molecular complexity index is 649. The fourth-order valence-electron chi connectivity index (χ4n) is 2.79. The number of hydrogen-bond donors (Lipinski definition) is 0. The molecule has 0 aliphatic carbocycles. The Kier molecular flexibility index (Phi) is 7.01. The van der Waals surface area contributed by atoms with Crippen LogP contribution in [0.25, 0.3) is 0 Å². The summed E-state index contributed by atoms with van der Waals surface area (Å²) in [6.45, 7) is 7.25. The molecule has 0 N–H and O–H groups in total. The minimum atomic E-state index is -0.288. The van der Waals surface area contributed by atoms with E-state index in [1.165, 1.54) is 36.6 Å². The van der Waals surface area contributed by atoms with E-state index in [1.807, 2.05) is 24.3 Å². The predicted octanol–water partition coefficient (Wildman–Crippen LogP) is 4.58. The van der Waals surface area contributed by atoms with E-state index in [9.17, 15) is 4.79 Å². The number of carbonyl (C=O) groups is 1. The third-order valence-electron chi connectivity index (χ3n) is 4.10. The van der Waals surface area contributed by atoms with Crippen molar-refractivity contribution in [3.8, 4) is 0 Å². The Morgan fingerprint density at radius 3 is 2.38 bits per heavy atom. The van der Waals surface area contributed by atoms with Crippen LogP contribution in [-0.4, -0.2) is 24.5 Å². The molecule has 2 aromatic rings. The molecule has 0 aliphatic rings. The first kappa shape index (κ1) is 18.2. The highest BCUT2D eigenvalue weighted by Crippen LogP contribution is 2.14. The van der Waals surface area contributed by atoms with Crippen molar-refractivity contribution in [3.05, 3.63) is 70.8 Å². The first-order chi connectivity index (χ1) is 11.6. The molecule has 24 heavy (non-hydrogen) atoms. The van der Waals surface area contributed by atoms with Gasteiger partial charge in [0.05, 0.1) is 12.7 Å². The second-order valence-corrected chi connectivity index (χ2v) is 6.24. The maximum atomic E-state index is 11.5. The van der Waals surface area contributed by atoms with Crippen LogP contribution in [0.3, 0.4) is 0 Å². The average Bonchev–Trinajstić information content (AvgIpc) is 2.59. The summed E-state index contributed by atoms with van der Waals surface area (Å²) in [5, 5.41) is 0. The molecule has 2 aromatic carbocycles. The number of ether oxygens (including phenoxy) is 1. The molecule has 128 valence electrons. The minimum absolute atomic E-state index is 0.288. The van der Waals surface area contributed by atoms with E-state index in [0.717, 1.165) is 19.6 Å². The summed E-state index contributed by atoms with van der Waals surface area (Å²) >= 11 is 0. The van der Waals surface area contributed by atoms with E-state index in [1.54, 1.807) is 0 Å². The molecule has 0 aromatic heterocycles. The number of nitrogens with zero attached hydrogens (tertiary/aromatic N) is 1. The van der Waals surface area contributed by atoms with Gasteiger partial charge in [0.15, 0.2) is 0 Å². The number of aryl methyl sites for hydroxylation is 1. The predicted molar refractivity (Wildman–Crippen MR) is 98.0 cm³/mol. The molecule has 3 heteroatoms. The van der Waals surface area contributed by atoms with Crippen LogP contribution in [0.2, 0.25) is 0 Å². The summed E-state index contributed by atoms with van der Waals surface area (Å²) in [6, 6.07) is 16.4. The summed E-state index contributed by atoms with van der Waals surface area (Å²) in [5.41, 5.74) is 4.45. The number of methoxy groups -OCH3 is 1. The Morgan fingerprint density at radius 1 is 1.04 bits per heavy atom. The standard InChI is InChI=1S/C21H27NO2/c1-4-5-13-22(16-19-8-6-7-17(2)14-19)15-18-9-11-20(12-10-18)21(23)24-3/h6-12,14H,4-5,13,15-16H2,1-3H3. The van der Waals surface area contributed by atoms with Gasteiger partial charge in [-0.2, -0.15) is 0 Å². The van der Waals surface area contributed by atoms with E-state index in [2.05, 4.69) is 43.0 Å². The first-order valence-electron chi connectivity index (χ1n) is 8.57. The van der Waals surface area contributed by atoms with Gasteiger partial charge in [0.1, 0.15) is 0 Å². The zero-order valence-electron chi connectivity index (χ0n) is 14.9. The lowest BCUT2D eigenvalue weighted by atomic mass is 10.1. The zero-order valence-corrected chi connectivity index (χ0v) is 14.9. The maximum Gasteiger partial charge on any atom is 0.337 e. The molecule has 0 atom stereocenters. The molecule has 0 saturated heterocycles. The van der Waals surface area contributed by atoms with Crippen molar-refractivity contribution < 1.29 is 9.53 Å². The van der Waals surface area contributed by atoms with Crippen molar-refractivity contribution in [2.75, 3.05) is 13.7 Å². The molecule has 0 spiro atoms. The summed E-state index contributed by atoms with van der Waals surface area (Å²) in [7, 11) is 1.41. The third-order valence-corrected chi connectivity index (χ3v) is 4.10. The molecular weight excluding hydrogens is 298 g/mol. The fraction of sp³-hybridized carbons (Fsp3) is 0.381. The Morgan fingerprint density at radius 2 is 1.75 bits per heavy atom. The number of esters is 1. The maximum absolute atomic E-state index is 11.5. The monoisotopic (exact) mass is 325 g/mol. The Labute approximate surface area is 145 Å². The van der Waals surface area contributed by atoms with Crippen molar-refractivity contribution in [1.29, 1.82) is 0 Å². The van der Waals surface area contributed by atoms with Gasteiger partial charge in [0.2, 0.25) is 0 Å². The smallest absolute Gasteiger partial charge is 0.337 e. The molecule has 0 radical (unpaired) electrons. The highest BCUT2D eigenvalue weighted by molar-refractivity contribution is 5.89. The molecule has 0 bridgehead atoms. The van der Waals surface area contributed by atoms with E-state index in [0.29, 0.717) is 5.56 Å². The minimum Gasteiger partial charge on any atom is -0.465 e. The van der Waals surface area contributed by atoms with Gasteiger partial charge in [0.25, 0.3) is 0 Å². The second-order valence-electron chi connectivity index (χ2n) is 6.24. The van der Waals surface area contributed by atoms with Gasteiger partial charge >= 0.3 is 5.97 Å². The van der Waals surface area contributed by atoms with Crippen molar-refractivity contribution in [3.63, 3.8) is 0 Å². The normalized spacial score (nSPS) is 10.8. The topological polar surface area (TPSA) is 29.5 Å². The number of carbonyl (C=O) groups excluding carboxylic acids is 1. The molecule has 0 unspecified atom stereocenters. The van der Waals surface area contributed by atoms with Crippen LogP contribution < -0.4 is 0 Å². The van der Waals surface area contributed by atoms with E-state index >= 15 is 0 Å². The van der Waals surface area contributed by atoms with Crippen LogP contribution in [0.1, 0.15) is 46.8 Å². The quantitative estimate of drug-likeness (QED) is 0.665. The molecule has 0 saturated carbocycles. The highest BCUT2D eigenvalue weighted by atomic mass is 16.5. The van der Waals surface area contributed by atoms with Crippen LogP contribution in [0, 0.1) is 6.92 Å². The highest BCUT2D eigenvalue weighted by Gasteiger charge is 2.09. The molecule has 0 amide bonds. The molecule has 0 fully saturated rings. The van der Waals surface area contributed by atoms with Crippen LogP contribution in [0.5, 0.6) is 0 Å². The Hall–Kier alpha value is -2.13. The van der Waals surface area contributed by atoms with Gasteiger partial charge in [-0.05, 0) is 43.1 Å². The molecule has 2 rings (SSSR count). The lowest BCUT2D eigenvalue weighted by molar-refractivity contribution is 0.0600. The lowest BCUT2D eigenvalue weighted by Gasteiger charge is -2.22. The van der Waals surface area contributed by atoms with Crippen molar-refractivity contribution in [2.24, 2.45) is 0 Å². The number of benzene rings is 2. The number of unbranched alkanes of at least 4 members (excludes halogenated alkanes) is 1. The van der Waals surface area contributed by atoms with Gasteiger partial charge in [-0.15, -0.1) is 0 Å². The molecule has 0 aliphatic heterocycles. The zero-order chi connectivity index (χ0) is 17.4. The van der Waals surface area contributed by atoms with Crippen molar-refractivity contribution in [1.82, 2.24) is 4.90 Å². The van der Waals surface area contributed by atoms with Gasteiger partial charge in [-0.1, -0.05) is 55.3 Å². The average molecular weight is 325 g/mol. The first-order valence-corrected chi connectivity index (χ1v) is 8.57. The lowest BCUT2D eigenvalue weighted by Crippen LogP contribution is -2.24. The van der Waals surface area contributed by atoms with Crippen LogP contribution in [0.15, 0.2) is 48.5 Å². The number of hydrogen-bond acceptors (Lipinski definition) is 3. The SMILES string of the molecule is CCCCN(Cc1ccc(C(=O)OC)cc1)Cc1cccc(C)c1. The van der Waals surface area contributed by atoms with Gasteiger partial charge < -0.3 is 4.74 Å². The van der Waals surface area contributed by atoms with Gasteiger partial charge in [0, 0.05) is 13.1 Å².